The normalized spacial score (nSPS) is 10.2. The molecule has 0 saturated heterocycles. The molecule has 98 valence electrons. The molecule has 4 nitrogen and oxygen atoms in total. The highest BCUT2D eigenvalue weighted by Crippen LogP contribution is 2.31. The predicted octanol–water partition coefficient (Wildman–Crippen LogP) is 3.23. The van der Waals surface area contributed by atoms with Crippen molar-refractivity contribution in [3.05, 3.63) is 77.5 Å². The highest BCUT2D eigenvalue weighted by atomic mass is 16.5. The van der Waals surface area contributed by atoms with Crippen LogP contribution in [0.1, 0.15) is 0 Å². The van der Waals surface area contributed by atoms with Crippen LogP contribution in [0.5, 0.6) is 11.5 Å². The fourth-order valence-electron chi connectivity index (χ4n) is 1.93. The van der Waals surface area contributed by atoms with Gasteiger partial charge in [-0.3, -0.25) is 4.79 Å². The lowest BCUT2D eigenvalue weighted by Gasteiger charge is -2.10. The minimum Gasteiger partial charge on any atom is -0.449 e. The lowest BCUT2D eigenvalue weighted by atomic mass is 10.1. The van der Waals surface area contributed by atoms with Gasteiger partial charge in [0.1, 0.15) is 5.75 Å². The van der Waals surface area contributed by atoms with Crippen LogP contribution >= 0.6 is 0 Å². The number of H-pyrrole nitrogens is 1. The summed E-state index contributed by atoms with van der Waals surface area (Å²) >= 11 is 0. The Morgan fingerprint density at radius 3 is 2.45 bits per heavy atom. The predicted molar refractivity (Wildman–Crippen MR) is 76.8 cm³/mol. The van der Waals surface area contributed by atoms with Crippen molar-refractivity contribution >= 4 is 0 Å². The van der Waals surface area contributed by atoms with Gasteiger partial charge in [-0.25, -0.2) is 4.98 Å². The molecule has 0 unspecified atom stereocenters. The molecule has 2 aromatic carbocycles. The first-order chi connectivity index (χ1) is 9.84. The third kappa shape index (κ3) is 2.44. The molecule has 0 amide bonds. The van der Waals surface area contributed by atoms with Gasteiger partial charge in [-0.05, 0) is 11.6 Å². The Morgan fingerprint density at radius 1 is 0.900 bits per heavy atom. The smallest absolute Gasteiger partial charge is 0.293 e. The Bertz CT molecular complexity index is 766. The van der Waals surface area contributed by atoms with Crippen LogP contribution in [-0.2, 0) is 0 Å². The molecule has 0 aliphatic rings. The van der Waals surface area contributed by atoms with Crippen molar-refractivity contribution in [1.29, 1.82) is 0 Å². The van der Waals surface area contributed by atoms with Gasteiger partial charge in [-0.15, -0.1) is 0 Å². The van der Waals surface area contributed by atoms with Gasteiger partial charge < -0.3 is 9.72 Å². The Hall–Kier alpha value is -2.88. The van der Waals surface area contributed by atoms with E-state index in [9.17, 15) is 4.79 Å². The summed E-state index contributed by atoms with van der Waals surface area (Å²) in [5.41, 5.74) is 1.66. The first-order valence-corrected chi connectivity index (χ1v) is 6.19. The van der Waals surface area contributed by atoms with E-state index in [1.807, 2.05) is 54.6 Å². The SMILES string of the molecule is O=c1[nH]cncc1Oc1ccccc1-c1ccccc1. The Morgan fingerprint density at radius 2 is 1.65 bits per heavy atom. The minimum atomic E-state index is -0.303. The van der Waals surface area contributed by atoms with Crippen molar-refractivity contribution in [2.75, 3.05) is 0 Å². The summed E-state index contributed by atoms with van der Waals surface area (Å²) in [5, 5.41) is 0. The number of nitrogens with one attached hydrogen (secondary N) is 1. The van der Waals surface area contributed by atoms with Crippen LogP contribution in [0, 0.1) is 0 Å². The average Bonchev–Trinajstić information content (AvgIpc) is 2.51. The van der Waals surface area contributed by atoms with E-state index in [2.05, 4.69) is 9.97 Å². The van der Waals surface area contributed by atoms with Gasteiger partial charge in [0.2, 0.25) is 5.75 Å². The zero-order valence-electron chi connectivity index (χ0n) is 10.6. The van der Waals surface area contributed by atoms with Crippen LogP contribution in [0.3, 0.4) is 0 Å². The average molecular weight is 264 g/mol. The topological polar surface area (TPSA) is 55.0 Å². The molecular formula is C16H12N2O2. The Labute approximate surface area is 115 Å². The van der Waals surface area contributed by atoms with Gasteiger partial charge in [0.05, 0.1) is 12.5 Å². The van der Waals surface area contributed by atoms with E-state index in [0.717, 1.165) is 11.1 Å². The molecule has 0 aliphatic carbocycles. The fourth-order valence-corrected chi connectivity index (χ4v) is 1.93. The van der Waals surface area contributed by atoms with Crippen molar-refractivity contribution in [1.82, 2.24) is 9.97 Å². The zero-order chi connectivity index (χ0) is 13.8. The lowest BCUT2D eigenvalue weighted by Crippen LogP contribution is -2.08. The number of ether oxygens (including phenoxy) is 1. The molecule has 3 rings (SSSR count). The fraction of sp³-hybridized carbons (Fsp3) is 0. The maximum absolute atomic E-state index is 11.7. The molecule has 20 heavy (non-hydrogen) atoms. The maximum atomic E-state index is 11.7. The number of hydrogen-bond donors (Lipinski definition) is 1. The third-order valence-corrected chi connectivity index (χ3v) is 2.88. The number of nitrogens with zero attached hydrogens (tertiary/aromatic N) is 1. The van der Waals surface area contributed by atoms with Crippen molar-refractivity contribution in [2.45, 2.75) is 0 Å². The van der Waals surface area contributed by atoms with E-state index in [0.29, 0.717) is 5.75 Å². The van der Waals surface area contributed by atoms with Gasteiger partial charge in [-0.1, -0.05) is 48.5 Å². The molecular weight excluding hydrogens is 252 g/mol. The Balaban J connectivity index is 2.03. The molecule has 4 heteroatoms. The van der Waals surface area contributed by atoms with Gasteiger partial charge in [0.25, 0.3) is 5.56 Å². The standard InChI is InChI=1S/C16H12N2O2/c19-16-15(10-17-11-18-16)20-14-9-5-4-8-13(14)12-6-2-1-3-7-12/h1-11H,(H,17,18,19). The van der Waals surface area contributed by atoms with Crippen molar-refractivity contribution in [3.8, 4) is 22.6 Å². The van der Waals surface area contributed by atoms with Crippen molar-refractivity contribution in [2.24, 2.45) is 0 Å². The number of benzene rings is 2. The number of para-hydroxylation sites is 1. The lowest BCUT2D eigenvalue weighted by molar-refractivity contribution is 0.473. The highest BCUT2D eigenvalue weighted by molar-refractivity contribution is 5.70. The molecule has 0 saturated carbocycles. The minimum absolute atomic E-state index is 0.177. The molecule has 1 heterocycles. The van der Waals surface area contributed by atoms with Crippen molar-refractivity contribution < 1.29 is 4.74 Å². The summed E-state index contributed by atoms with van der Waals surface area (Å²) in [5.74, 6) is 0.799. The van der Waals surface area contributed by atoms with Crippen LogP contribution < -0.4 is 10.3 Å². The second-order valence-corrected chi connectivity index (χ2v) is 4.21. The third-order valence-electron chi connectivity index (χ3n) is 2.88. The second-order valence-electron chi connectivity index (χ2n) is 4.21. The van der Waals surface area contributed by atoms with E-state index in [-0.39, 0.29) is 11.3 Å². The molecule has 3 aromatic rings. The highest BCUT2D eigenvalue weighted by Gasteiger charge is 2.08. The zero-order valence-corrected chi connectivity index (χ0v) is 10.6. The summed E-state index contributed by atoms with van der Waals surface area (Å²) in [6.45, 7) is 0. The number of hydrogen-bond acceptors (Lipinski definition) is 3. The Kier molecular flexibility index (Phi) is 3.29. The number of aromatic nitrogens is 2. The van der Waals surface area contributed by atoms with E-state index in [1.54, 1.807) is 0 Å². The van der Waals surface area contributed by atoms with Crippen LogP contribution in [-0.4, -0.2) is 9.97 Å². The monoisotopic (exact) mass is 264 g/mol. The summed E-state index contributed by atoms with van der Waals surface area (Å²) in [4.78, 5) is 18.0. The van der Waals surface area contributed by atoms with E-state index < -0.39 is 0 Å². The van der Waals surface area contributed by atoms with Gasteiger partial charge in [-0.2, -0.15) is 0 Å². The van der Waals surface area contributed by atoms with E-state index in [4.69, 9.17) is 4.74 Å². The number of rotatable bonds is 3. The molecule has 1 N–H and O–H groups in total. The maximum Gasteiger partial charge on any atom is 0.293 e. The van der Waals surface area contributed by atoms with Crippen LogP contribution in [0.15, 0.2) is 71.9 Å². The van der Waals surface area contributed by atoms with Gasteiger partial charge in [0, 0.05) is 5.56 Å². The second kappa shape index (κ2) is 5.40. The number of aromatic amines is 1. The van der Waals surface area contributed by atoms with E-state index in [1.165, 1.54) is 12.5 Å². The van der Waals surface area contributed by atoms with Crippen LogP contribution in [0.4, 0.5) is 0 Å². The van der Waals surface area contributed by atoms with Gasteiger partial charge in [0.15, 0.2) is 0 Å². The van der Waals surface area contributed by atoms with Crippen LogP contribution in [0.25, 0.3) is 11.1 Å². The molecule has 0 fully saturated rings. The molecule has 0 atom stereocenters. The first-order valence-electron chi connectivity index (χ1n) is 6.19. The van der Waals surface area contributed by atoms with Crippen LogP contribution in [0.2, 0.25) is 0 Å². The summed E-state index contributed by atoms with van der Waals surface area (Å²) in [6.07, 6.45) is 2.74. The molecule has 1 aromatic heterocycles. The molecule has 0 bridgehead atoms. The summed E-state index contributed by atoms with van der Waals surface area (Å²) in [6, 6.07) is 17.5. The molecule has 0 aliphatic heterocycles. The largest absolute Gasteiger partial charge is 0.449 e. The summed E-state index contributed by atoms with van der Waals surface area (Å²) in [7, 11) is 0. The first kappa shape index (κ1) is 12.2. The summed E-state index contributed by atoms with van der Waals surface area (Å²) < 4.78 is 5.69. The molecule has 0 spiro atoms. The quantitative estimate of drug-likeness (QED) is 0.790. The molecule has 0 radical (unpaired) electrons. The van der Waals surface area contributed by atoms with E-state index >= 15 is 0 Å². The van der Waals surface area contributed by atoms with Gasteiger partial charge >= 0.3 is 0 Å². The van der Waals surface area contributed by atoms with Crippen molar-refractivity contribution in [3.63, 3.8) is 0 Å².